The molecule has 0 aliphatic carbocycles. The van der Waals surface area contributed by atoms with E-state index in [4.69, 9.17) is 4.74 Å². The summed E-state index contributed by atoms with van der Waals surface area (Å²) in [4.78, 5) is 26.1. The zero-order valence-electron chi connectivity index (χ0n) is 15.1. The molecule has 6 nitrogen and oxygen atoms in total. The number of aromatic nitrogens is 3. The molecule has 0 spiro atoms. The normalized spacial score (nSPS) is 11.3. The summed E-state index contributed by atoms with van der Waals surface area (Å²) in [6, 6.07) is 16.8. The van der Waals surface area contributed by atoms with Gasteiger partial charge in [-0.15, -0.1) is 0 Å². The monoisotopic (exact) mass is 368 g/mol. The van der Waals surface area contributed by atoms with Gasteiger partial charge in [-0.05, 0) is 43.3 Å². The summed E-state index contributed by atoms with van der Waals surface area (Å²) in [5.74, 6) is 0.724. The number of nitrogens with one attached hydrogen (secondary N) is 1. The Morgan fingerprint density at radius 3 is 2.36 bits per heavy atom. The van der Waals surface area contributed by atoms with Gasteiger partial charge in [0.2, 0.25) is 5.88 Å². The zero-order chi connectivity index (χ0) is 19.1. The van der Waals surface area contributed by atoms with E-state index in [1.54, 1.807) is 18.5 Å². The summed E-state index contributed by atoms with van der Waals surface area (Å²) in [7, 11) is 0. The van der Waals surface area contributed by atoms with Gasteiger partial charge in [0.15, 0.2) is 0 Å². The Balaban J connectivity index is 1.77. The third kappa shape index (κ3) is 2.50. The number of carbonyl (C=O) groups is 1. The summed E-state index contributed by atoms with van der Waals surface area (Å²) in [5.41, 5.74) is 2.26. The first kappa shape index (κ1) is 16.4. The van der Waals surface area contributed by atoms with Gasteiger partial charge in [0.1, 0.15) is 12.1 Å². The molecule has 5 rings (SSSR count). The van der Waals surface area contributed by atoms with E-state index in [9.17, 15) is 4.79 Å². The molecule has 0 saturated carbocycles. The van der Waals surface area contributed by atoms with Gasteiger partial charge in [-0.25, -0.2) is 9.97 Å². The van der Waals surface area contributed by atoms with Gasteiger partial charge in [0, 0.05) is 27.1 Å². The Bertz CT molecular complexity index is 1300. The Labute approximate surface area is 160 Å². The molecule has 136 valence electrons. The van der Waals surface area contributed by atoms with Crippen LogP contribution < -0.4 is 10.1 Å². The highest BCUT2D eigenvalue weighted by molar-refractivity contribution is 6.25. The lowest BCUT2D eigenvalue weighted by molar-refractivity contribution is 0.102. The molecule has 1 amide bonds. The second-order valence-electron chi connectivity index (χ2n) is 6.41. The fourth-order valence-corrected chi connectivity index (χ4v) is 3.54. The Hall–Kier alpha value is -3.80. The van der Waals surface area contributed by atoms with Crippen LogP contribution in [0, 0.1) is 0 Å². The quantitative estimate of drug-likeness (QED) is 0.475. The predicted octanol–water partition coefficient (Wildman–Crippen LogP) is 4.42. The maximum absolute atomic E-state index is 12.7. The predicted molar refractivity (Wildman–Crippen MR) is 109 cm³/mol. The minimum absolute atomic E-state index is 0.221. The fourth-order valence-electron chi connectivity index (χ4n) is 3.54. The van der Waals surface area contributed by atoms with Crippen molar-refractivity contribution in [3.8, 4) is 5.88 Å². The number of nitrogens with zero attached hydrogens (tertiary/aromatic N) is 3. The van der Waals surface area contributed by atoms with Crippen LogP contribution in [0.5, 0.6) is 5.88 Å². The van der Waals surface area contributed by atoms with Gasteiger partial charge < -0.3 is 10.1 Å². The number of hydrogen-bond acceptors (Lipinski definition) is 5. The van der Waals surface area contributed by atoms with Crippen molar-refractivity contribution in [2.75, 3.05) is 11.9 Å². The summed E-state index contributed by atoms with van der Waals surface area (Å²) < 4.78 is 5.79. The molecule has 3 aromatic carbocycles. The lowest BCUT2D eigenvalue weighted by Crippen LogP contribution is -2.14. The van der Waals surface area contributed by atoms with Gasteiger partial charge in [0.25, 0.3) is 5.91 Å². The average Bonchev–Trinajstić information content (AvgIpc) is 2.74. The Morgan fingerprint density at radius 2 is 1.64 bits per heavy atom. The molecular formula is C22H16N4O2. The topological polar surface area (TPSA) is 77.0 Å². The van der Waals surface area contributed by atoms with Crippen molar-refractivity contribution in [2.24, 2.45) is 0 Å². The van der Waals surface area contributed by atoms with E-state index in [1.807, 2.05) is 49.4 Å². The molecule has 2 aromatic heterocycles. The van der Waals surface area contributed by atoms with Crippen LogP contribution in [0.4, 0.5) is 5.82 Å². The maximum atomic E-state index is 12.7. The lowest BCUT2D eigenvalue weighted by Gasteiger charge is -2.16. The van der Waals surface area contributed by atoms with E-state index in [0.29, 0.717) is 23.9 Å². The molecule has 2 heterocycles. The van der Waals surface area contributed by atoms with Crippen LogP contribution in [0.25, 0.3) is 32.6 Å². The van der Waals surface area contributed by atoms with E-state index in [0.717, 1.165) is 32.6 Å². The van der Waals surface area contributed by atoms with Crippen molar-refractivity contribution in [1.29, 1.82) is 0 Å². The number of pyridine rings is 1. The number of rotatable bonds is 4. The molecule has 0 unspecified atom stereocenters. The Kier molecular flexibility index (Phi) is 3.76. The first-order valence-electron chi connectivity index (χ1n) is 9.05. The van der Waals surface area contributed by atoms with E-state index < -0.39 is 0 Å². The van der Waals surface area contributed by atoms with Gasteiger partial charge in [-0.2, -0.15) is 4.98 Å². The highest BCUT2D eigenvalue weighted by Crippen LogP contribution is 2.39. The number of carbonyl (C=O) groups excluding carboxylic acids is 1. The van der Waals surface area contributed by atoms with Gasteiger partial charge in [-0.3, -0.25) is 4.79 Å². The SMILES string of the molecule is CCOc1nc(NC(=O)c2ccccc2)c2ccc3ncnc4ccc1c2c34. The molecule has 1 N–H and O–H groups in total. The largest absolute Gasteiger partial charge is 0.477 e. The molecular weight excluding hydrogens is 352 g/mol. The number of hydrogen-bond donors (Lipinski definition) is 1. The number of benzene rings is 3. The van der Waals surface area contributed by atoms with E-state index in [-0.39, 0.29) is 5.91 Å². The molecule has 0 bridgehead atoms. The summed E-state index contributed by atoms with van der Waals surface area (Å²) in [6.07, 6.45) is 1.56. The van der Waals surface area contributed by atoms with Crippen LogP contribution in [-0.2, 0) is 0 Å². The zero-order valence-corrected chi connectivity index (χ0v) is 15.1. The van der Waals surface area contributed by atoms with Crippen LogP contribution in [0.15, 0.2) is 60.9 Å². The summed E-state index contributed by atoms with van der Waals surface area (Å²) in [6.45, 7) is 2.38. The number of ether oxygens (including phenoxy) is 1. The minimum Gasteiger partial charge on any atom is -0.477 e. The van der Waals surface area contributed by atoms with Crippen LogP contribution in [0.2, 0.25) is 0 Å². The number of anilines is 1. The second-order valence-corrected chi connectivity index (χ2v) is 6.41. The van der Waals surface area contributed by atoms with Crippen LogP contribution in [0.3, 0.4) is 0 Å². The molecule has 0 aliphatic heterocycles. The van der Waals surface area contributed by atoms with Crippen LogP contribution in [-0.4, -0.2) is 27.5 Å². The second kappa shape index (κ2) is 6.42. The fraction of sp³-hybridized carbons (Fsp3) is 0.0909. The molecule has 0 saturated heterocycles. The first-order valence-corrected chi connectivity index (χ1v) is 9.05. The molecule has 0 radical (unpaired) electrons. The smallest absolute Gasteiger partial charge is 0.256 e. The molecule has 0 atom stereocenters. The molecule has 6 heteroatoms. The van der Waals surface area contributed by atoms with Gasteiger partial charge in [-0.1, -0.05) is 18.2 Å². The minimum atomic E-state index is -0.221. The Morgan fingerprint density at radius 1 is 0.929 bits per heavy atom. The number of amides is 1. The third-order valence-corrected chi connectivity index (χ3v) is 4.76. The summed E-state index contributed by atoms with van der Waals surface area (Å²) in [5, 5.41) is 6.53. The highest BCUT2D eigenvalue weighted by atomic mass is 16.5. The van der Waals surface area contributed by atoms with Crippen LogP contribution in [0.1, 0.15) is 17.3 Å². The first-order chi connectivity index (χ1) is 13.8. The van der Waals surface area contributed by atoms with E-state index >= 15 is 0 Å². The molecule has 28 heavy (non-hydrogen) atoms. The molecule has 0 fully saturated rings. The third-order valence-electron chi connectivity index (χ3n) is 4.76. The van der Waals surface area contributed by atoms with E-state index in [1.165, 1.54) is 0 Å². The molecule has 0 aliphatic rings. The average molecular weight is 368 g/mol. The van der Waals surface area contributed by atoms with Gasteiger partial charge >= 0.3 is 0 Å². The van der Waals surface area contributed by atoms with Crippen LogP contribution >= 0.6 is 0 Å². The molecule has 5 aromatic rings. The standard InChI is InChI=1S/C22H16N4O2/c1-2-28-22-15-9-11-17-19-16(23-12-24-17)10-8-14(18(15)19)20(26-22)25-21(27)13-6-4-3-5-7-13/h3-12H,2H2,1H3,(H,25,26,27). The van der Waals surface area contributed by atoms with Crippen molar-refractivity contribution in [2.45, 2.75) is 6.92 Å². The highest BCUT2D eigenvalue weighted by Gasteiger charge is 2.19. The van der Waals surface area contributed by atoms with Crippen molar-refractivity contribution in [3.63, 3.8) is 0 Å². The van der Waals surface area contributed by atoms with Gasteiger partial charge in [0.05, 0.1) is 17.6 Å². The van der Waals surface area contributed by atoms with Crippen molar-refractivity contribution >= 4 is 44.3 Å². The van der Waals surface area contributed by atoms with Crippen molar-refractivity contribution < 1.29 is 9.53 Å². The van der Waals surface area contributed by atoms with E-state index in [2.05, 4.69) is 20.3 Å². The van der Waals surface area contributed by atoms with Crippen molar-refractivity contribution in [3.05, 3.63) is 66.5 Å². The maximum Gasteiger partial charge on any atom is 0.256 e. The lowest BCUT2D eigenvalue weighted by atomic mass is 10.00. The summed E-state index contributed by atoms with van der Waals surface area (Å²) >= 11 is 0. The van der Waals surface area contributed by atoms with Crippen molar-refractivity contribution in [1.82, 2.24) is 15.0 Å².